The molecule has 35 heavy (non-hydrogen) atoms. The molecule has 1 aromatic carbocycles. The van der Waals surface area contributed by atoms with Crippen molar-refractivity contribution in [2.24, 2.45) is 0 Å². The number of carbonyl (C=O) groups excluding carboxylic acids is 3. The van der Waals surface area contributed by atoms with Gasteiger partial charge in [0.1, 0.15) is 10.0 Å². The van der Waals surface area contributed by atoms with Gasteiger partial charge < -0.3 is 10.6 Å². The van der Waals surface area contributed by atoms with Gasteiger partial charge in [-0.3, -0.25) is 9.59 Å². The summed E-state index contributed by atoms with van der Waals surface area (Å²) in [6.07, 6.45) is 2.14. The third-order valence-corrected chi connectivity index (χ3v) is 7.68. The number of pyridine rings is 1. The fraction of sp³-hybridized carbons (Fsp3) is 0.182. The molecule has 0 fully saturated rings. The number of nitrogens with zero attached hydrogens (tertiary/aromatic N) is 2. The molecule has 0 unspecified atom stereocenters. The van der Waals surface area contributed by atoms with E-state index in [9.17, 15) is 27.2 Å². The average molecular weight is 518 g/mol. The largest absolute Gasteiger partial charge is 0.385 e. The van der Waals surface area contributed by atoms with Crippen LogP contribution >= 0.6 is 11.3 Å². The maximum atomic E-state index is 13.1. The summed E-state index contributed by atoms with van der Waals surface area (Å²) < 4.78 is 38.8. The van der Waals surface area contributed by atoms with E-state index in [-0.39, 0.29) is 22.1 Å². The van der Waals surface area contributed by atoms with Crippen LogP contribution in [0.15, 0.2) is 52.9 Å². The van der Waals surface area contributed by atoms with E-state index in [2.05, 4.69) is 15.6 Å². The van der Waals surface area contributed by atoms with E-state index in [0.29, 0.717) is 22.5 Å². The first-order valence-electron chi connectivity index (χ1n) is 10.5. The highest BCUT2D eigenvalue weighted by Crippen LogP contribution is 2.27. The molecule has 0 saturated carbocycles. The lowest BCUT2D eigenvalue weighted by atomic mass is 9.97. The normalized spacial score (nSPS) is 13.4. The van der Waals surface area contributed by atoms with Crippen molar-refractivity contribution >= 4 is 56.4 Å². The standard InChI is InChI=1S/C22H20FN5O5S2/c1-2-9-24-14-3-5-16-13(10-14)11-19(29)28(21(16)30)18-7-4-15(12-25-18)26-22(31)27-35(32,33)20-8-6-17(23)34-20/h3-8,10,12,24H,2,9,11H2,1H3,(H2,26,27,31). The van der Waals surface area contributed by atoms with Gasteiger partial charge >= 0.3 is 6.03 Å². The smallest absolute Gasteiger partial charge is 0.333 e. The summed E-state index contributed by atoms with van der Waals surface area (Å²) in [5.74, 6) is -0.902. The number of halogens is 1. The number of aromatic nitrogens is 1. The molecule has 0 aliphatic carbocycles. The number of amides is 4. The van der Waals surface area contributed by atoms with Crippen molar-refractivity contribution in [1.82, 2.24) is 9.71 Å². The van der Waals surface area contributed by atoms with Crippen molar-refractivity contribution in [3.05, 3.63) is 64.9 Å². The molecular formula is C22H20FN5O5S2. The predicted molar refractivity (Wildman–Crippen MR) is 129 cm³/mol. The zero-order valence-electron chi connectivity index (χ0n) is 18.4. The fourth-order valence-electron chi connectivity index (χ4n) is 3.40. The molecule has 3 N–H and O–H groups in total. The number of thiophene rings is 1. The molecule has 4 rings (SSSR count). The average Bonchev–Trinajstić information content (AvgIpc) is 3.25. The Kier molecular flexibility index (Phi) is 6.80. The van der Waals surface area contributed by atoms with E-state index in [1.165, 1.54) is 18.3 Å². The van der Waals surface area contributed by atoms with Crippen molar-refractivity contribution < 1.29 is 27.2 Å². The minimum atomic E-state index is -4.24. The first-order chi connectivity index (χ1) is 16.7. The molecule has 2 aromatic heterocycles. The summed E-state index contributed by atoms with van der Waals surface area (Å²) in [6.45, 7) is 2.81. The van der Waals surface area contributed by atoms with Gasteiger partial charge in [-0.2, -0.15) is 4.39 Å². The van der Waals surface area contributed by atoms with Crippen LogP contribution in [0, 0.1) is 5.13 Å². The predicted octanol–water partition coefficient (Wildman–Crippen LogP) is 3.34. The number of fused-ring (bicyclic) bond motifs is 1. The van der Waals surface area contributed by atoms with Crippen LogP contribution in [-0.2, 0) is 21.2 Å². The van der Waals surface area contributed by atoms with Crippen LogP contribution in [0.5, 0.6) is 0 Å². The minimum Gasteiger partial charge on any atom is -0.385 e. The third-order valence-electron chi connectivity index (χ3n) is 4.98. The van der Waals surface area contributed by atoms with Gasteiger partial charge in [-0.1, -0.05) is 18.3 Å². The molecular weight excluding hydrogens is 497 g/mol. The molecule has 182 valence electrons. The second kappa shape index (κ2) is 9.80. The topological polar surface area (TPSA) is 138 Å². The fourth-order valence-corrected chi connectivity index (χ4v) is 5.31. The van der Waals surface area contributed by atoms with E-state index in [0.717, 1.165) is 35.7 Å². The number of rotatable bonds is 7. The first kappa shape index (κ1) is 24.3. The molecule has 3 heterocycles. The van der Waals surface area contributed by atoms with Crippen LogP contribution in [0.2, 0.25) is 0 Å². The Bertz CT molecular complexity index is 1410. The summed E-state index contributed by atoms with van der Waals surface area (Å²) in [5, 5.41) is 4.81. The number of nitrogens with one attached hydrogen (secondary N) is 3. The molecule has 4 amide bonds. The molecule has 0 atom stereocenters. The molecule has 0 spiro atoms. The molecule has 0 radical (unpaired) electrons. The highest BCUT2D eigenvalue weighted by atomic mass is 32.2. The van der Waals surface area contributed by atoms with E-state index < -0.39 is 33.0 Å². The zero-order chi connectivity index (χ0) is 25.2. The van der Waals surface area contributed by atoms with Crippen LogP contribution in [0.4, 0.5) is 26.4 Å². The molecule has 0 saturated heterocycles. The molecule has 0 bridgehead atoms. The van der Waals surface area contributed by atoms with Crippen LogP contribution in [-0.4, -0.2) is 37.8 Å². The van der Waals surface area contributed by atoms with Gasteiger partial charge in [0.25, 0.3) is 15.9 Å². The second-order valence-corrected chi connectivity index (χ2v) is 10.5. The van der Waals surface area contributed by atoms with Gasteiger partial charge in [0.15, 0.2) is 5.13 Å². The SMILES string of the molecule is CCCNc1ccc2c(c1)CC(=O)N(c1ccc(NC(=O)NS(=O)(=O)c3ccc(F)s3)cn1)C2=O. The van der Waals surface area contributed by atoms with Crippen molar-refractivity contribution in [1.29, 1.82) is 0 Å². The van der Waals surface area contributed by atoms with E-state index in [4.69, 9.17) is 0 Å². The van der Waals surface area contributed by atoms with Crippen LogP contribution < -0.4 is 20.3 Å². The van der Waals surface area contributed by atoms with E-state index >= 15 is 0 Å². The number of imide groups is 1. The number of urea groups is 1. The number of anilines is 3. The third kappa shape index (κ3) is 5.30. The summed E-state index contributed by atoms with van der Waals surface area (Å²) >= 11 is 0.378. The molecule has 10 nitrogen and oxygen atoms in total. The number of hydrogen-bond donors (Lipinski definition) is 3. The second-order valence-electron chi connectivity index (χ2n) is 7.53. The van der Waals surface area contributed by atoms with Crippen molar-refractivity contribution in [3.63, 3.8) is 0 Å². The van der Waals surface area contributed by atoms with Gasteiger partial charge in [-0.15, -0.1) is 0 Å². The van der Waals surface area contributed by atoms with Gasteiger partial charge in [-0.05, 0) is 54.4 Å². The lowest BCUT2D eigenvalue weighted by molar-refractivity contribution is -0.117. The Morgan fingerprint density at radius 1 is 1.14 bits per heavy atom. The van der Waals surface area contributed by atoms with E-state index in [1.807, 2.05) is 6.92 Å². The van der Waals surface area contributed by atoms with Crippen molar-refractivity contribution in [3.8, 4) is 0 Å². The van der Waals surface area contributed by atoms with Gasteiger partial charge in [0.05, 0.1) is 18.3 Å². The molecule has 1 aliphatic rings. The Balaban J connectivity index is 1.45. The lowest BCUT2D eigenvalue weighted by Gasteiger charge is -2.26. The number of benzene rings is 1. The van der Waals surface area contributed by atoms with Crippen molar-refractivity contribution in [2.45, 2.75) is 24.0 Å². The summed E-state index contributed by atoms with van der Waals surface area (Å²) in [6, 6.07) is 8.88. The summed E-state index contributed by atoms with van der Waals surface area (Å²) in [4.78, 5) is 42.8. The number of sulfonamides is 1. The number of hydrogen-bond acceptors (Lipinski definition) is 8. The van der Waals surface area contributed by atoms with Crippen LogP contribution in [0.3, 0.4) is 0 Å². The lowest BCUT2D eigenvalue weighted by Crippen LogP contribution is -2.43. The Labute approximate surface area is 204 Å². The zero-order valence-corrected chi connectivity index (χ0v) is 20.0. The molecule has 13 heteroatoms. The molecule has 3 aromatic rings. The Morgan fingerprint density at radius 3 is 2.57 bits per heavy atom. The Morgan fingerprint density at radius 2 is 1.91 bits per heavy atom. The Hall–Kier alpha value is -3.84. The quantitative estimate of drug-likeness (QED) is 0.409. The number of carbonyl (C=O) groups is 3. The summed E-state index contributed by atoms with van der Waals surface area (Å²) in [7, 11) is -4.24. The maximum Gasteiger partial charge on any atom is 0.333 e. The highest BCUT2D eigenvalue weighted by Gasteiger charge is 2.33. The van der Waals surface area contributed by atoms with Gasteiger partial charge in [-0.25, -0.2) is 27.8 Å². The maximum absolute atomic E-state index is 13.1. The van der Waals surface area contributed by atoms with Crippen LogP contribution in [0.25, 0.3) is 0 Å². The minimum absolute atomic E-state index is 0.0218. The molecule has 1 aliphatic heterocycles. The first-order valence-corrected chi connectivity index (χ1v) is 12.8. The van der Waals surface area contributed by atoms with Gasteiger partial charge in [0.2, 0.25) is 5.91 Å². The van der Waals surface area contributed by atoms with Crippen LogP contribution in [0.1, 0.15) is 29.3 Å². The van der Waals surface area contributed by atoms with E-state index in [1.54, 1.807) is 22.9 Å². The van der Waals surface area contributed by atoms with Gasteiger partial charge in [0, 0.05) is 17.8 Å². The monoisotopic (exact) mass is 517 g/mol. The highest BCUT2D eigenvalue weighted by molar-refractivity contribution is 7.92. The van der Waals surface area contributed by atoms with Crippen molar-refractivity contribution in [2.75, 3.05) is 22.1 Å². The summed E-state index contributed by atoms with van der Waals surface area (Å²) in [5.41, 5.74) is 1.96.